The van der Waals surface area contributed by atoms with E-state index in [0.717, 1.165) is 45.1 Å². The van der Waals surface area contributed by atoms with Gasteiger partial charge < -0.3 is 15.0 Å². The third kappa shape index (κ3) is 3.37. The fourth-order valence-corrected chi connectivity index (χ4v) is 4.51. The van der Waals surface area contributed by atoms with Gasteiger partial charge in [-0.25, -0.2) is 0 Å². The van der Waals surface area contributed by atoms with Gasteiger partial charge in [0.05, 0.1) is 10.9 Å². The highest BCUT2D eigenvalue weighted by Gasteiger charge is 2.18. The van der Waals surface area contributed by atoms with E-state index >= 15 is 0 Å². The highest BCUT2D eigenvalue weighted by atomic mass is 16.3. The van der Waals surface area contributed by atoms with E-state index < -0.39 is 0 Å². The van der Waals surface area contributed by atoms with E-state index in [1.54, 1.807) is 6.07 Å². The van der Waals surface area contributed by atoms with Crippen molar-refractivity contribution in [3.05, 3.63) is 75.6 Å². The normalized spacial score (nSPS) is 12.7. The monoisotopic (exact) mass is 400 g/mol. The number of phenols is 1. The van der Waals surface area contributed by atoms with E-state index in [-0.39, 0.29) is 11.3 Å². The Bertz CT molecular complexity index is 1300. The molecule has 0 saturated heterocycles. The lowest BCUT2D eigenvalue weighted by Gasteiger charge is -2.18. The van der Waals surface area contributed by atoms with Crippen LogP contribution in [0.2, 0.25) is 0 Å². The number of fused-ring (bicyclic) bond motifs is 3. The van der Waals surface area contributed by atoms with Crippen molar-refractivity contribution in [1.82, 2.24) is 9.88 Å². The van der Waals surface area contributed by atoms with E-state index in [1.807, 2.05) is 32.0 Å². The fourth-order valence-electron chi connectivity index (χ4n) is 4.51. The minimum atomic E-state index is -0.0943. The first-order chi connectivity index (χ1) is 14.3. The zero-order valence-electron chi connectivity index (χ0n) is 18.2. The van der Waals surface area contributed by atoms with Crippen LogP contribution in [0, 0.1) is 13.8 Å². The lowest BCUT2D eigenvalue weighted by atomic mass is 9.91. The maximum Gasteiger partial charge on any atom is 0.256 e. The first-order valence-corrected chi connectivity index (χ1v) is 10.3. The second-order valence-corrected chi connectivity index (χ2v) is 8.57. The van der Waals surface area contributed by atoms with Gasteiger partial charge in [-0.2, -0.15) is 0 Å². The van der Waals surface area contributed by atoms with Gasteiger partial charge in [-0.05, 0) is 67.6 Å². The summed E-state index contributed by atoms with van der Waals surface area (Å²) in [5.41, 5.74) is 5.41. The molecule has 3 aromatic carbocycles. The number of rotatable bonds is 4. The summed E-state index contributed by atoms with van der Waals surface area (Å²) in [4.78, 5) is 18.0. The van der Waals surface area contributed by atoms with Crippen molar-refractivity contribution in [3.8, 4) is 16.9 Å². The first-order valence-electron chi connectivity index (χ1n) is 10.3. The van der Waals surface area contributed by atoms with Crippen molar-refractivity contribution >= 4 is 21.7 Å². The Hall–Kier alpha value is -3.11. The molecule has 0 aliphatic rings. The number of hydrogen-bond acceptors (Lipinski definition) is 3. The van der Waals surface area contributed by atoms with Crippen LogP contribution in [0.4, 0.5) is 0 Å². The van der Waals surface area contributed by atoms with Crippen molar-refractivity contribution in [2.75, 3.05) is 20.6 Å². The van der Waals surface area contributed by atoms with Gasteiger partial charge >= 0.3 is 0 Å². The summed E-state index contributed by atoms with van der Waals surface area (Å²) >= 11 is 0. The van der Waals surface area contributed by atoms with E-state index in [1.165, 1.54) is 5.56 Å². The number of pyridine rings is 1. The van der Waals surface area contributed by atoms with Crippen LogP contribution in [0.3, 0.4) is 0 Å². The highest BCUT2D eigenvalue weighted by molar-refractivity contribution is 6.15. The van der Waals surface area contributed by atoms with Gasteiger partial charge in [0, 0.05) is 17.5 Å². The molecule has 0 aliphatic carbocycles. The van der Waals surface area contributed by atoms with Gasteiger partial charge in [0.1, 0.15) is 5.75 Å². The van der Waals surface area contributed by atoms with E-state index in [4.69, 9.17) is 0 Å². The van der Waals surface area contributed by atoms with Gasteiger partial charge in [-0.15, -0.1) is 0 Å². The van der Waals surface area contributed by atoms with Gasteiger partial charge in [-0.1, -0.05) is 49.4 Å². The van der Waals surface area contributed by atoms with Crippen LogP contribution in [0.5, 0.6) is 5.75 Å². The number of benzene rings is 3. The number of nitrogens with zero attached hydrogens (tertiary/aromatic N) is 1. The molecule has 1 aromatic heterocycles. The van der Waals surface area contributed by atoms with Gasteiger partial charge in [0.2, 0.25) is 0 Å². The van der Waals surface area contributed by atoms with Crippen LogP contribution in [-0.2, 0) is 0 Å². The summed E-state index contributed by atoms with van der Waals surface area (Å²) in [5, 5.41) is 13.4. The predicted octanol–water partition coefficient (Wildman–Crippen LogP) is 5.34. The van der Waals surface area contributed by atoms with Crippen molar-refractivity contribution in [3.63, 3.8) is 0 Å². The van der Waals surface area contributed by atoms with Crippen molar-refractivity contribution in [2.45, 2.75) is 26.7 Å². The number of aryl methyl sites for hydroxylation is 2. The summed E-state index contributed by atoms with van der Waals surface area (Å²) in [7, 11) is 4.16. The lowest BCUT2D eigenvalue weighted by molar-refractivity contribution is 0.383. The third-order valence-electron chi connectivity index (χ3n) is 5.92. The molecular weight excluding hydrogens is 372 g/mol. The van der Waals surface area contributed by atoms with Crippen LogP contribution in [0.1, 0.15) is 29.5 Å². The summed E-state index contributed by atoms with van der Waals surface area (Å²) < 4.78 is 0. The molecule has 0 unspecified atom stereocenters. The molecule has 1 heterocycles. The Labute approximate surface area is 176 Å². The number of aromatic amines is 1. The average Bonchev–Trinajstić information content (AvgIpc) is 2.69. The summed E-state index contributed by atoms with van der Waals surface area (Å²) in [6.07, 6.45) is 0. The minimum absolute atomic E-state index is 0.0943. The van der Waals surface area contributed by atoms with Crippen molar-refractivity contribution < 1.29 is 5.11 Å². The molecule has 0 fully saturated rings. The number of likely N-dealkylation sites (N-methyl/N-ethyl adjacent to an activating group) is 1. The van der Waals surface area contributed by atoms with Crippen LogP contribution in [0.25, 0.3) is 32.8 Å². The molecule has 4 heteroatoms. The molecule has 4 aromatic rings. The van der Waals surface area contributed by atoms with E-state index in [2.05, 4.69) is 55.2 Å². The molecule has 0 radical (unpaired) electrons. The Balaban J connectivity index is 2.00. The molecule has 154 valence electrons. The van der Waals surface area contributed by atoms with Gasteiger partial charge in [-0.3, -0.25) is 4.79 Å². The zero-order valence-corrected chi connectivity index (χ0v) is 18.2. The molecule has 4 nitrogen and oxygen atoms in total. The second kappa shape index (κ2) is 7.62. The second-order valence-electron chi connectivity index (χ2n) is 8.57. The van der Waals surface area contributed by atoms with Crippen LogP contribution < -0.4 is 5.56 Å². The number of hydrogen-bond donors (Lipinski definition) is 2. The van der Waals surface area contributed by atoms with Crippen LogP contribution in [0.15, 0.2) is 53.3 Å². The Morgan fingerprint density at radius 3 is 2.37 bits per heavy atom. The number of phenolic OH excluding ortho intramolecular Hbond substituents is 1. The first kappa shape index (κ1) is 20.2. The molecule has 0 bridgehead atoms. The number of nitrogens with one attached hydrogen (secondary N) is 1. The van der Waals surface area contributed by atoms with Crippen LogP contribution >= 0.6 is 0 Å². The summed E-state index contributed by atoms with van der Waals surface area (Å²) in [5.74, 6) is 0.640. The predicted molar refractivity (Wildman–Crippen MR) is 126 cm³/mol. The molecule has 0 aliphatic heterocycles. The quantitative estimate of drug-likeness (QED) is 0.455. The molecule has 0 spiro atoms. The Morgan fingerprint density at radius 2 is 1.70 bits per heavy atom. The zero-order chi connectivity index (χ0) is 21.6. The van der Waals surface area contributed by atoms with E-state index in [9.17, 15) is 9.90 Å². The molecule has 0 amide bonds. The van der Waals surface area contributed by atoms with Crippen molar-refractivity contribution in [2.24, 2.45) is 0 Å². The molecule has 4 rings (SSSR count). The number of H-pyrrole nitrogens is 1. The maximum absolute atomic E-state index is 12.8. The largest absolute Gasteiger partial charge is 0.507 e. The standard InChI is InChI=1S/C26H28N2O2/c1-15-7-6-8-20-22(15)26(30)27-25-16(2)13-21(29)23(24(20)25)19-11-9-18(10-12-19)17(3)14-28(4)5/h6-13,17,29H,14H2,1-5H3,(H,27,30)/t17-/m0/s1. The topological polar surface area (TPSA) is 56.3 Å². The van der Waals surface area contributed by atoms with Crippen LogP contribution in [-0.4, -0.2) is 35.6 Å². The van der Waals surface area contributed by atoms with Gasteiger partial charge in [0.25, 0.3) is 5.56 Å². The Morgan fingerprint density at radius 1 is 1.00 bits per heavy atom. The molecule has 2 N–H and O–H groups in total. The van der Waals surface area contributed by atoms with E-state index in [0.29, 0.717) is 11.3 Å². The highest BCUT2D eigenvalue weighted by Crippen LogP contribution is 2.41. The summed E-state index contributed by atoms with van der Waals surface area (Å²) in [6, 6.07) is 16.0. The van der Waals surface area contributed by atoms with Crippen molar-refractivity contribution in [1.29, 1.82) is 0 Å². The lowest BCUT2D eigenvalue weighted by Crippen LogP contribution is -2.18. The number of aromatic hydroxyl groups is 1. The molecular formula is C26H28N2O2. The molecule has 30 heavy (non-hydrogen) atoms. The fraction of sp³-hybridized carbons (Fsp3) is 0.269. The average molecular weight is 401 g/mol. The molecule has 0 saturated carbocycles. The molecule has 1 atom stereocenters. The van der Waals surface area contributed by atoms with Gasteiger partial charge in [0.15, 0.2) is 0 Å². The Kier molecular flexibility index (Phi) is 5.12. The summed E-state index contributed by atoms with van der Waals surface area (Å²) in [6.45, 7) is 7.05. The SMILES string of the molecule is Cc1cc(O)c(-c2ccc([C@@H](C)CN(C)C)cc2)c2c1[nH]c(=O)c1c(C)cccc12. The number of aromatic nitrogens is 1. The minimum Gasteiger partial charge on any atom is -0.507 e. The third-order valence-corrected chi connectivity index (χ3v) is 5.92. The maximum atomic E-state index is 12.8. The smallest absolute Gasteiger partial charge is 0.256 e.